The smallest absolute Gasteiger partial charge is 0.306 e. The fraction of sp³-hybridized carbons (Fsp3) is 0.720. The van der Waals surface area contributed by atoms with Crippen LogP contribution >= 0.6 is 0 Å². The number of ether oxygens (including phenoxy) is 4. The molecule has 2 spiro atoms. The molecule has 0 bridgehead atoms. The summed E-state index contributed by atoms with van der Waals surface area (Å²) in [5.74, 6) is 2.28. The first-order valence-corrected chi connectivity index (χ1v) is 12.2. The molecule has 1 saturated carbocycles. The highest BCUT2D eigenvalue weighted by Crippen LogP contribution is 2.70. The molecule has 5 heterocycles. The first kappa shape index (κ1) is 19.3. The number of piperidine rings is 1. The molecule has 7 nitrogen and oxygen atoms in total. The van der Waals surface area contributed by atoms with Gasteiger partial charge in [0.2, 0.25) is 5.75 Å². The normalized spacial score (nSPS) is 40.7. The van der Waals surface area contributed by atoms with Gasteiger partial charge in [-0.05, 0) is 50.4 Å². The van der Waals surface area contributed by atoms with Gasteiger partial charge >= 0.3 is 5.97 Å². The van der Waals surface area contributed by atoms with E-state index in [0.717, 1.165) is 56.7 Å². The fourth-order valence-corrected chi connectivity index (χ4v) is 8.74. The summed E-state index contributed by atoms with van der Waals surface area (Å²) in [5, 5.41) is 0. The van der Waals surface area contributed by atoms with E-state index in [-0.39, 0.29) is 22.9 Å². The van der Waals surface area contributed by atoms with E-state index in [9.17, 15) is 4.79 Å². The van der Waals surface area contributed by atoms with E-state index < -0.39 is 0 Å². The number of hydrogen-bond donors (Lipinski definition) is 0. The number of anilines is 1. The van der Waals surface area contributed by atoms with E-state index in [2.05, 4.69) is 22.8 Å². The highest BCUT2D eigenvalue weighted by molar-refractivity contribution is 5.82. The lowest BCUT2D eigenvalue weighted by Gasteiger charge is -2.59. The fourth-order valence-electron chi connectivity index (χ4n) is 8.74. The largest absolute Gasteiger partial charge is 0.493 e. The molecule has 6 aliphatic rings. The Bertz CT molecular complexity index is 1010. The van der Waals surface area contributed by atoms with E-state index in [1.54, 1.807) is 14.2 Å². The highest BCUT2D eigenvalue weighted by Gasteiger charge is 2.74. The van der Waals surface area contributed by atoms with Gasteiger partial charge in [-0.25, -0.2) is 0 Å². The summed E-state index contributed by atoms with van der Waals surface area (Å²) in [6.07, 6.45) is 5.85. The summed E-state index contributed by atoms with van der Waals surface area (Å²) >= 11 is 0. The van der Waals surface area contributed by atoms with E-state index >= 15 is 0 Å². The summed E-state index contributed by atoms with van der Waals surface area (Å²) in [4.78, 5) is 18.0. The van der Waals surface area contributed by atoms with Crippen molar-refractivity contribution in [3.05, 3.63) is 11.6 Å². The number of carbonyl (C=O) groups is 1. The zero-order chi connectivity index (χ0) is 21.8. The van der Waals surface area contributed by atoms with Crippen LogP contribution in [0.3, 0.4) is 0 Å². The van der Waals surface area contributed by atoms with Crippen molar-refractivity contribution in [2.75, 3.05) is 38.8 Å². The second-order valence-electron chi connectivity index (χ2n) is 10.6. The van der Waals surface area contributed by atoms with Crippen LogP contribution in [0.4, 0.5) is 5.69 Å². The molecular formula is C25H32N2O5. The number of hydrogen-bond acceptors (Lipinski definition) is 7. The molecule has 7 rings (SSSR count). The average Bonchev–Trinajstić information content (AvgIpc) is 3.44. The van der Waals surface area contributed by atoms with Gasteiger partial charge in [0.1, 0.15) is 12.7 Å². The van der Waals surface area contributed by atoms with Crippen LogP contribution in [0.5, 0.6) is 17.2 Å². The number of esters is 1. The van der Waals surface area contributed by atoms with Gasteiger partial charge in [0, 0.05) is 29.3 Å². The number of methoxy groups -OCH3 is 2. The Morgan fingerprint density at radius 1 is 1.22 bits per heavy atom. The molecule has 172 valence electrons. The van der Waals surface area contributed by atoms with Gasteiger partial charge in [-0.15, -0.1) is 0 Å². The minimum atomic E-state index is -0.0699. The Morgan fingerprint density at radius 2 is 2.09 bits per heavy atom. The Kier molecular flexibility index (Phi) is 3.77. The lowest BCUT2D eigenvalue weighted by Crippen LogP contribution is -2.69. The van der Waals surface area contributed by atoms with E-state index in [4.69, 9.17) is 18.9 Å². The van der Waals surface area contributed by atoms with Crippen LogP contribution < -0.4 is 19.1 Å². The van der Waals surface area contributed by atoms with Crippen molar-refractivity contribution in [3.8, 4) is 17.2 Å². The molecule has 0 aromatic heterocycles. The third-order valence-electron chi connectivity index (χ3n) is 9.70. The van der Waals surface area contributed by atoms with Crippen LogP contribution in [0.2, 0.25) is 0 Å². The molecule has 0 N–H and O–H groups in total. The summed E-state index contributed by atoms with van der Waals surface area (Å²) < 4.78 is 24.1. The molecular weight excluding hydrogens is 408 g/mol. The van der Waals surface area contributed by atoms with Crippen LogP contribution in [0, 0.1) is 5.41 Å². The Labute approximate surface area is 188 Å². The second kappa shape index (κ2) is 6.25. The SMILES string of the molecule is CCC1COc2c(OC)c(OC)cc3c2N1C1CC2OC(=O)CC24CCCN2CCC31C24. The summed E-state index contributed by atoms with van der Waals surface area (Å²) in [7, 11) is 3.40. The van der Waals surface area contributed by atoms with Gasteiger partial charge in [0.25, 0.3) is 0 Å². The predicted molar refractivity (Wildman–Crippen MR) is 118 cm³/mol. The molecule has 6 unspecified atom stereocenters. The molecule has 7 heteroatoms. The third-order valence-corrected chi connectivity index (χ3v) is 9.70. The summed E-state index contributed by atoms with van der Waals surface area (Å²) in [5.41, 5.74) is 2.45. The molecule has 1 aromatic rings. The number of carbonyl (C=O) groups excluding carboxylic acids is 1. The molecule has 1 aliphatic carbocycles. The quantitative estimate of drug-likeness (QED) is 0.670. The van der Waals surface area contributed by atoms with Crippen LogP contribution in [0.15, 0.2) is 6.07 Å². The van der Waals surface area contributed by atoms with Crippen molar-refractivity contribution < 1.29 is 23.7 Å². The maximum atomic E-state index is 12.7. The molecule has 3 saturated heterocycles. The van der Waals surface area contributed by atoms with Crippen LogP contribution in [-0.2, 0) is 14.9 Å². The summed E-state index contributed by atoms with van der Waals surface area (Å²) in [6.45, 7) is 5.08. The molecule has 4 fully saturated rings. The highest BCUT2D eigenvalue weighted by atomic mass is 16.6. The van der Waals surface area contributed by atoms with Gasteiger partial charge in [0.15, 0.2) is 11.5 Å². The van der Waals surface area contributed by atoms with Crippen molar-refractivity contribution >= 4 is 11.7 Å². The Hall–Kier alpha value is -2.15. The molecule has 0 amide bonds. The topological polar surface area (TPSA) is 60.5 Å². The van der Waals surface area contributed by atoms with E-state index in [0.29, 0.717) is 36.9 Å². The van der Waals surface area contributed by atoms with Gasteiger partial charge in [-0.2, -0.15) is 0 Å². The average molecular weight is 441 g/mol. The lowest BCUT2D eigenvalue weighted by atomic mass is 9.51. The van der Waals surface area contributed by atoms with Gasteiger partial charge in [-0.1, -0.05) is 6.92 Å². The minimum Gasteiger partial charge on any atom is -0.493 e. The molecule has 1 aromatic carbocycles. The summed E-state index contributed by atoms with van der Waals surface area (Å²) in [6, 6.07) is 3.17. The van der Waals surface area contributed by atoms with Crippen LogP contribution in [-0.4, -0.2) is 69.0 Å². The van der Waals surface area contributed by atoms with Gasteiger partial charge < -0.3 is 23.8 Å². The maximum absolute atomic E-state index is 12.7. The van der Waals surface area contributed by atoms with E-state index in [1.165, 1.54) is 11.3 Å². The van der Waals surface area contributed by atoms with E-state index in [1.807, 2.05) is 0 Å². The lowest BCUT2D eigenvalue weighted by molar-refractivity contribution is -0.145. The van der Waals surface area contributed by atoms with Crippen molar-refractivity contribution in [3.63, 3.8) is 0 Å². The Morgan fingerprint density at radius 3 is 2.88 bits per heavy atom. The standard InChI is InChI=1S/C25H32N2O5/c1-4-14-13-31-22-20-15(10-16(29-2)21(22)30-3)25-7-9-26-8-5-6-24(23(25)26)12-19(28)32-18(24)11-17(25)27(14)20/h10,14,17-18,23H,4-9,11-13H2,1-3H3. The predicted octanol–water partition coefficient (Wildman–Crippen LogP) is 2.87. The number of benzene rings is 1. The zero-order valence-corrected chi connectivity index (χ0v) is 19.2. The molecule has 0 radical (unpaired) electrons. The van der Waals surface area contributed by atoms with Crippen molar-refractivity contribution in [1.29, 1.82) is 0 Å². The molecule has 5 aliphatic heterocycles. The first-order valence-electron chi connectivity index (χ1n) is 12.2. The monoisotopic (exact) mass is 440 g/mol. The molecule has 6 atom stereocenters. The number of nitrogens with zero attached hydrogens (tertiary/aromatic N) is 2. The van der Waals surface area contributed by atoms with Crippen LogP contribution in [0.1, 0.15) is 51.0 Å². The van der Waals surface area contributed by atoms with Gasteiger partial charge in [0.05, 0.1) is 32.4 Å². The van der Waals surface area contributed by atoms with Gasteiger partial charge in [-0.3, -0.25) is 9.69 Å². The molecule has 32 heavy (non-hydrogen) atoms. The van der Waals surface area contributed by atoms with Crippen molar-refractivity contribution in [2.24, 2.45) is 5.41 Å². The van der Waals surface area contributed by atoms with Crippen LogP contribution in [0.25, 0.3) is 0 Å². The van der Waals surface area contributed by atoms with Crippen molar-refractivity contribution in [1.82, 2.24) is 4.90 Å². The first-order chi connectivity index (χ1) is 15.6. The zero-order valence-electron chi connectivity index (χ0n) is 19.2. The number of fused-ring (bicyclic) bond motifs is 1. The number of rotatable bonds is 3. The minimum absolute atomic E-state index is 0.00103. The van der Waals surface area contributed by atoms with Crippen molar-refractivity contribution in [2.45, 2.75) is 75.1 Å². The Balaban J connectivity index is 1.52. The maximum Gasteiger partial charge on any atom is 0.306 e. The second-order valence-corrected chi connectivity index (χ2v) is 10.6. The third kappa shape index (κ3) is 1.97.